The number of carbonyl (C=O) groups is 2. The largest absolute Gasteiger partial charge is 0.426 e. The van der Waals surface area contributed by atoms with Crippen LogP contribution in [0.1, 0.15) is 45.5 Å². The van der Waals surface area contributed by atoms with Crippen molar-refractivity contribution in [3.8, 4) is 5.75 Å². The van der Waals surface area contributed by atoms with Gasteiger partial charge in [-0.25, -0.2) is 0 Å². The third-order valence-corrected chi connectivity index (χ3v) is 4.59. The summed E-state index contributed by atoms with van der Waals surface area (Å²) in [5, 5.41) is 0. The number of aryl methyl sites for hydroxylation is 2. The Kier molecular flexibility index (Phi) is 5.51. The summed E-state index contributed by atoms with van der Waals surface area (Å²) in [5.41, 5.74) is 3.89. The van der Waals surface area contributed by atoms with Crippen molar-refractivity contribution in [2.24, 2.45) is 0 Å². The Labute approximate surface area is 159 Å². The van der Waals surface area contributed by atoms with Crippen LogP contribution in [0.2, 0.25) is 0 Å². The van der Waals surface area contributed by atoms with Crippen molar-refractivity contribution in [3.63, 3.8) is 0 Å². The predicted molar refractivity (Wildman–Crippen MR) is 106 cm³/mol. The topological polar surface area (TPSA) is 43.4 Å². The Balaban J connectivity index is 1.80. The second kappa shape index (κ2) is 8.00. The molecule has 3 nitrogen and oxygen atoms in total. The number of hydrogen-bond donors (Lipinski definition) is 0. The van der Waals surface area contributed by atoms with Gasteiger partial charge in [0.1, 0.15) is 5.75 Å². The highest BCUT2D eigenvalue weighted by molar-refractivity contribution is 6.09. The van der Waals surface area contributed by atoms with Gasteiger partial charge >= 0.3 is 5.97 Å². The first kappa shape index (κ1) is 18.6. The van der Waals surface area contributed by atoms with Crippen LogP contribution in [0.4, 0.5) is 0 Å². The number of rotatable bonds is 5. The van der Waals surface area contributed by atoms with Crippen molar-refractivity contribution >= 4 is 11.8 Å². The first-order valence-electron chi connectivity index (χ1n) is 8.94. The quantitative estimate of drug-likeness (QED) is 0.356. The predicted octanol–water partition coefficient (Wildman–Crippen LogP) is 5.24. The van der Waals surface area contributed by atoms with Gasteiger partial charge in [0.2, 0.25) is 0 Å². The molecular weight excluding hydrogens is 336 g/mol. The van der Waals surface area contributed by atoms with Crippen molar-refractivity contribution in [1.29, 1.82) is 0 Å². The number of ether oxygens (including phenoxy) is 1. The summed E-state index contributed by atoms with van der Waals surface area (Å²) in [6, 6.07) is 22.1. The highest BCUT2D eigenvalue weighted by Gasteiger charge is 2.20. The van der Waals surface area contributed by atoms with Crippen molar-refractivity contribution in [2.45, 2.75) is 26.7 Å². The van der Waals surface area contributed by atoms with Crippen LogP contribution in [0.25, 0.3) is 0 Å². The van der Waals surface area contributed by atoms with E-state index in [1.165, 1.54) is 0 Å². The third kappa shape index (κ3) is 4.32. The van der Waals surface area contributed by atoms with Crippen LogP contribution >= 0.6 is 0 Å². The normalized spacial score (nSPS) is 11.7. The zero-order valence-electron chi connectivity index (χ0n) is 15.7. The fourth-order valence-corrected chi connectivity index (χ4v) is 2.86. The van der Waals surface area contributed by atoms with Crippen molar-refractivity contribution in [3.05, 3.63) is 101 Å². The fourth-order valence-electron chi connectivity index (χ4n) is 2.86. The molecule has 0 radical (unpaired) electrons. The molecule has 0 saturated heterocycles. The van der Waals surface area contributed by atoms with Crippen molar-refractivity contribution in [2.75, 3.05) is 0 Å². The van der Waals surface area contributed by atoms with Gasteiger partial charge < -0.3 is 4.74 Å². The fraction of sp³-hybridized carbons (Fsp3) is 0.167. The van der Waals surface area contributed by atoms with Crippen LogP contribution in [0.15, 0.2) is 72.8 Å². The van der Waals surface area contributed by atoms with E-state index in [-0.39, 0.29) is 11.8 Å². The van der Waals surface area contributed by atoms with Gasteiger partial charge in [-0.1, -0.05) is 60.7 Å². The lowest BCUT2D eigenvalue weighted by Gasteiger charge is -2.14. The van der Waals surface area contributed by atoms with E-state index in [2.05, 4.69) is 0 Å². The molecule has 0 aliphatic rings. The summed E-state index contributed by atoms with van der Waals surface area (Å²) in [4.78, 5) is 25.3. The van der Waals surface area contributed by atoms with E-state index in [1.54, 1.807) is 37.3 Å². The molecule has 0 heterocycles. The highest BCUT2D eigenvalue weighted by atomic mass is 16.5. The molecule has 0 aliphatic heterocycles. The average Bonchev–Trinajstić information content (AvgIpc) is 2.70. The summed E-state index contributed by atoms with van der Waals surface area (Å²) in [6.07, 6.45) is 0. The Hall–Kier alpha value is -3.20. The molecule has 0 aromatic heterocycles. The molecule has 136 valence electrons. The number of benzene rings is 3. The van der Waals surface area contributed by atoms with E-state index >= 15 is 0 Å². The third-order valence-electron chi connectivity index (χ3n) is 4.59. The van der Waals surface area contributed by atoms with Crippen LogP contribution < -0.4 is 4.74 Å². The summed E-state index contributed by atoms with van der Waals surface area (Å²) in [6.45, 7) is 5.66. The smallest absolute Gasteiger partial charge is 0.318 e. The Morgan fingerprint density at radius 2 is 1.52 bits per heavy atom. The SMILES string of the molecule is Cc1ccc(C)c(OC(=O)[C@@H](C)c2cccc(C(=O)c3ccccc3)c2)c1. The molecule has 0 saturated carbocycles. The molecule has 27 heavy (non-hydrogen) atoms. The number of carbonyl (C=O) groups excluding carboxylic acids is 2. The molecule has 0 spiro atoms. The number of hydrogen-bond acceptors (Lipinski definition) is 3. The van der Waals surface area contributed by atoms with Crippen LogP contribution in [-0.4, -0.2) is 11.8 Å². The minimum absolute atomic E-state index is 0.0625. The zero-order chi connectivity index (χ0) is 19.4. The molecule has 0 unspecified atom stereocenters. The van der Waals surface area contributed by atoms with Gasteiger partial charge in [0.25, 0.3) is 0 Å². The molecule has 3 aromatic carbocycles. The maximum absolute atomic E-state index is 12.6. The lowest BCUT2D eigenvalue weighted by molar-refractivity contribution is -0.135. The molecule has 1 atom stereocenters. The van der Waals surface area contributed by atoms with E-state index < -0.39 is 5.92 Å². The van der Waals surface area contributed by atoms with Crippen LogP contribution in [0.5, 0.6) is 5.75 Å². The standard InChI is InChI=1S/C24H22O3/c1-16-12-13-17(2)22(14-16)27-24(26)18(3)20-10-7-11-21(15-20)23(25)19-8-5-4-6-9-19/h4-15,18H,1-3H3/t18-/m0/s1. The molecular formula is C24H22O3. The van der Waals surface area contributed by atoms with Crippen molar-refractivity contribution < 1.29 is 14.3 Å². The van der Waals surface area contributed by atoms with E-state index in [9.17, 15) is 9.59 Å². The van der Waals surface area contributed by atoms with Gasteiger partial charge in [0, 0.05) is 11.1 Å². The first-order valence-corrected chi connectivity index (χ1v) is 8.94. The monoisotopic (exact) mass is 358 g/mol. The second-order valence-electron chi connectivity index (χ2n) is 6.73. The van der Waals surface area contributed by atoms with E-state index in [0.717, 1.165) is 16.7 Å². The van der Waals surface area contributed by atoms with Crippen LogP contribution in [0, 0.1) is 13.8 Å². The summed E-state index contributed by atoms with van der Waals surface area (Å²) >= 11 is 0. The molecule has 0 bridgehead atoms. The number of esters is 1. The van der Waals surface area contributed by atoms with Crippen LogP contribution in [-0.2, 0) is 4.79 Å². The molecule has 0 fully saturated rings. The zero-order valence-corrected chi connectivity index (χ0v) is 15.7. The summed E-state index contributed by atoms with van der Waals surface area (Å²) in [7, 11) is 0. The first-order chi connectivity index (χ1) is 13.0. The lowest BCUT2D eigenvalue weighted by atomic mass is 9.96. The summed E-state index contributed by atoms with van der Waals surface area (Å²) < 4.78 is 5.60. The van der Waals surface area contributed by atoms with Gasteiger partial charge in [-0.15, -0.1) is 0 Å². The van der Waals surface area contributed by atoms with Crippen molar-refractivity contribution in [1.82, 2.24) is 0 Å². The Morgan fingerprint density at radius 1 is 0.815 bits per heavy atom. The van der Waals surface area contributed by atoms with E-state index in [1.807, 2.05) is 56.3 Å². The molecule has 3 heteroatoms. The molecule has 0 N–H and O–H groups in total. The summed E-state index contributed by atoms with van der Waals surface area (Å²) in [5.74, 6) is -0.308. The minimum atomic E-state index is -0.478. The molecule has 3 rings (SSSR count). The van der Waals surface area contributed by atoms with E-state index in [0.29, 0.717) is 16.9 Å². The lowest BCUT2D eigenvalue weighted by Crippen LogP contribution is -2.17. The Bertz CT molecular complexity index is 974. The Morgan fingerprint density at radius 3 is 2.26 bits per heavy atom. The second-order valence-corrected chi connectivity index (χ2v) is 6.73. The van der Waals surface area contributed by atoms with Gasteiger partial charge in [0.05, 0.1) is 5.92 Å². The van der Waals surface area contributed by atoms with Crippen LogP contribution in [0.3, 0.4) is 0 Å². The maximum atomic E-state index is 12.6. The molecule has 3 aromatic rings. The number of ketones is 1. The average molecular weight is 358 g/mol. The van der Waals surface area contributed by atoms with E-state index in [4.69, 9.17) is 4.74 Å². The molecule has 0 aliphatic carbocycles. The maximum Gasteiger partial charge on any atom is 0.318 e. The minimum Gasteiger partial charge on any atom is -0.426 e. The molecule has 0 amide bonds. The van der Waals surface area contributed by atoms with Gasteiger partial charge in [0.15, 0.2) is 5.78 Å². The van der Waals surface area contributed by atoms with Gasteiger partial charge in [-0.2, -0.15) is 0 Å². The highest BCUT2D eigenvalue weighted by Crippen LogP contribution is 2.24. The van der Waals surface area contributed by atoms with Gasteiger partial charge in [-0.3, -0.25) is 9.59 Å². The van der Waals surface area contributed by atoms with Gasteiger partial charge in [-0.05, 0) is 49.6 Å².